The maximum Gasteiger partial charge on any atom is 0.337 e. The molecule has 0 unspecified atom stereocenters. The third-order valence-electron chi connectivity index (χ3n) is 3.51. The van der Waals surface area contributed by atoms with Crippen LogP contribution in [0.3, 0.4) is 0 Å². The standard InChI is InChI=1S/C19H15ClFNO4/c1-10(2)25-12-4-5-13-14(9-18(23)26-17(13)8-12)19(24)22-16-6-3-11(20)7-15(16)21/h3-10H,1-2H3,(H,22,24). The lowest BCUT2D eigenvalue weighted by atomic mass is 10.1. The summed E-state index contributed by atoms with van der Waals surface area (Å²) in [6.07, 6.45) is -0.0569. The highest BCUT2D eigenvalue weighted by atomic mass is 35.5. The van der Waals surface area contributed by atoms with Crippen molar-refractivity contribution in [1.82, 2.24) is 0 Å². The molecule has 0 fully saturated rings. The van der Waals surface area contributed by atoms with Gasteiger partial charge in [0.1, 0.15) is 17.1 Å². The number of fused-ring (bicyclic) bond motifs is 1. The van der Waals surface area contributed by atoms with Crippen LogP contribution in [0.4, 0.5) is 10.1 Å². The highest BCUT2D eigenvalue weighted by Crippen LogP contribution is 2.25. The summed E-state index contributed by atoms with van der Waals surface area (Å²) in [6.45, 7) is 3.73. The van der Waals surface area contributed by atoms with Gasteiger partial charge in [-0.3, -0.25) is 4.79 Å². The quantitative estimate of drug-likeness (QED) is 0.675. The van der Waals surface area contributed by atoms with E-state index in [9.17, 15) is 14.0 Å². The fraction of sp³-hybridized carbons (Fsp3) is 0.158. The molecule has 3 aromatic rings. The van der Waals surface area contributed by atoms with Crippen LogP contribution in [-0.4, -0.2) is 12.0 Å². The molecule has 0 aliphatic rings. The molecular weight excluding hydrogens is 361 g/mol. The van der Waals surface area contributed by atoms with Gasteiger partial charge in [-0.15, -0.1) is 0 Å². The summed E-state index contributed by atoms with van der Waals surface area (Å²) in [6, 6.07) is 9.77. The lowest BCUT2D eigenvalue weighted by Gasteiger charge is -2.11. The second-order valence-corrected chi connectivity index (χ2v) is 6.32. The molecule has 0 radical (unpaired) electrons. The van der Waals surface area contributed by atoms with Gasteiger partial charge < -0.3 is 14.5 Å². The van der Waals surface area contributed by atoms with Gasteiger partial charge in [-0.05, 0) is 44.2 Å². The molecule has 7 heteroatoms. The van der Waals surface area contributed by atoms with Crippen LogP contribution in [0.2, 0.25) is 5.02 Å². The number of amides is 1. The zero-order chi connectivity index (χ0) is 18.8. The number of benzene rings is 2. The van der Waals surface area contributed by atoms with Crippen molar-refractivity contribution in [2.45, 2.75) is 20.0 Å². The van der Waals surface area contributed by atoms with Gasteiger partial charge in [-0.2, -0.15) is 0 Å². The first kappa shape index (κ1) is 17.9. The number of anilines is 1. The molecule has 0 atom stereocenters. The van der Waals surface area contributed by atoms with Gasteiger partial charge >= 0.3 is 5.63 Å². The van der Waals surface area contributed by atoms with Crippen molar-refractivity contribution in [1.29, 1.82) is 0 Å². The monoisotopic (exact) mass is 375 g/mol. The molecule has 0 aliphatic carbocycles. The maximum atomic E-state index is 13.9. The van der Waals surface area contributed by atoms with Crippen LogP contribution >= 0.6 is 11.6 Å². The van der Waals surface area contributed by atoms with Crippen molar-refractivity contribution >= 4 is 34.2 Å². The van der Waals surface area contributed by atoms with Gasteiger partial charge in [0, 0.05) is 22.5 Å². The highest BCUT2D eigenvalue weighted by molar-refractivity contribution is 6.30. The summed E-state index contributed by atoms with van der Waals surface area (Å²) < 4.78 is 24.6. The number of rotatable bonds is 4. The summed E-state index contributed by atoms with van der Waals surface area (Å²) >= 11 is 5.70. The minimum atomic E-state index is -0.694. The number of ether oxygens (including phenoxy) is 1. The van der Waals surface area contributed by atoms with Crippen molar-refractivity contribution in [2.75, 3.05) is 5.32 Å². The van der Waals surface area contributed by atoms with Gasteiger partial charge in [0.25, 0.3) is 5.91 Å². The van der Waals surface area contributed by atoms with Gasteiger partial charge in [-0.25, -0.2) is 9.18 Å². The molecule has 3 rings (SSSR count). The van der Waals surface area contributed by atoms with Crippen LogP contribution in [-0.2, 0) is 0 Å². The van der Waals surface area contributed by atoms with E-state index in [1.54, 1.807) is 12.1 Å². The van der Waals surface area contributed by atoms with E-state index in [1.165, 1.54) is 18.2 Å². The fourth-order valence-corrected chi connectivity index (χ4v) is 2.62. The van der Waals surface area contributed by atoms with Crippen LogP contribution in [0.5, 0.6) is 5.75 Å². The third kappa shape index (κ3) is 3.86. The van der Waals surface area contributed by atoms with Crippen molar-refractivity contribution in [3.05, 3.63) is 69.3 Å². The average molecular weight is 376 g/mol. The van der Waals surface area contributed by atoms with Crippen molar-refractivity contribution in [2.24, 2.45) is 0 Å². The largest absolute Gasteiger partial charge is 0.491 e. The Labute approximate surface area is 153 Å². The molecule has 1 aromatic heterocycles. The minimum absolute atomic E-state index is 0.0412. The Balaban J connectivity index is 2.00. The van der Waals surface area contributed by atoms with Crippen LogP contribution in [0.25, 0.3) is 11.0 Å². The van der Waals surface area contributed by atoms with Crippen LogP contribution in [0.15, 0.2) is 51.7 Å². The summed E-state index contributed by atoms with van der Waals surface area (Å²) in [5.41, 5.74) is -0.458. The molecule has 0 spiro atoms. The second-order valence-electron chi connectivity index (χ2n) is 5.88. The van der Waals surface area contributed by atoms with Crippen LogP contribution in [0.1, 0.15) is 24.2 Å². The SMILES string of the molecule is CC(C)Oc1ccc2c(C(=O)Nc3ccc(Cl)cc3F)cc(=O)oc2c1. The Kier molecular flexibility index (Phi) is 4.95. The predicted octanol–water partition coefficient (Wildman–Crippen LogP) is 4.63. The first-order chi connectivity index (χ1) is 12.3. The molecule has 134 valence electrons. The zero-order valence-electron chi connectivity index (χ0n) is 14.0. The van der Waals surface area contributed by atoms with Crippen LogP contribution in [0, 0.1) is 5.82 Å². The fourth-order valence-electron chi connectivity index (χ4n) is 2.46. The molecular formula is C19H15ClFNO4. The summed E-state index contributed by atoms with van der Waals surface area (Å²) in [4.78, 5) is 24.4. The molecule has 1 N–H and O–H groups in total. The molecule has 26 heavy (non-hydrogen) atoms. The number of hydrogen-bond acceptors (Lipinski definition) is 4. The van der Waals surface area contributed by atoms with Gasteiger partial charge in [0.05, 0.1) is 17.4 Å². The van der Waals surface area contributed by atoms with Gasteiger partial charge in [0.15, 0.2) is 0 Å². The number of carbonyl (C=O) groups is 1. The Bertz CT molecular complexity index is 1050. The molecule has 2 aromatic carbocycles. The lowest BCUT2D eigenvalue weighted by Crippen LogP contribution is -2.16. The van der Waals surface area contributed by atoms with Crippen LogP contribution < -0.4 is 15.7 Å². The van der Waals surface area contributed by atoms with Gasteiger partial charge in [0.2, 0.25) is 0 Å². The first-order valence-corrected chi connectivity index (χ1v) is 8.22. The molecule has 1 amide bonds. The average Bonchev–Trinajstić information content (AvgIpc) is 2.55. The van der Waals surface area contributed by atoms with E-state index in [-0.39, 0.29) is 28.0 Å². The van der Waals surface area contributed by atoms with E-state index in [4.69, 9.17) is 20.8 Å². The second kappa shape index (κ2) is 7.17. The topological polar surface area (TPSA) is 68.5 Å². The van der Waals surface area contributed by atoms with E-state index in [2.05, 4.69) is 5.32 Å². The molecule has 0 bridgehead atoms. The Morgan fingerprint density at radius 2 is 1.96 bits per heavy atom. The molecule has 0 aliphatic heterocycles. The van der Waals surface area contributed by atoms with Crippen molar-refractivity contribution < 1.29 is 18.3 Å². The van der Waals surface area contributed by atoms with E-state index in [1.807, 2.05) is 13.8 Å². The summed E-state index contributed by atoms with van der Waals surface area (Å²) in [5.74, 6) is -0.802. The number of nitrogens with one attached hydrogen (secondary N) is 1. The van der Waals surface area contributed by atoms with E-state index >= 15 is 0 Å². The Hall–Kier alpha value is -2.86. The van der Waals surface area contributed by atoms with E-state index in [0.29, 0.717) is 11.1 Å². The normalized spacial score (nSPS) is 11.0. The maximum absolute atomic E-state index is 13.9. The number of hydrogen-bond donors (Lipinski definition) is 1. The third-order valence-corrected chi connectivity index (χ3v) is 3.75. The molecule has 0 saturated carbocycles. The predicted molar refractivity (Wildman–Crippen MR) is 97.6 cm³/mol. The summed E-state index contributed by atoms with van der Waals surface area (Å²) in [5, 5.41) is 3.06. The summed E-state index contributed by atoms with van der Waals surface area (Å²) in [7, 11) is 0. The molecule has 5 nitrogen and oxygen atoms in total. The lowest BCUT2D eigenvalue weighted by molar-refractivity contribution is 0.102. The molecule has 0 saturated heterocycles. The number of halogens is 2. The molecule has 1 heterocycles. The number of carbonyl (C=O) groups excluding carboxylic acids is 1. The smallest absolute Gasteiger partial charge is 0.337 e. The first-order valence-electron chi connectivity index (χ1n) is 7.84. The van der Waals surface area contributed by atoms with Crippen molar-refractivity contribution in [3.63, 3.8) is 0 Å². The van der Waals surface area contributed by atoms with Crippen molar-refractivity contribution in [3.8, 4) is 5.75 Å². The van der Waals surface area contributed by atoms with Gasteiger partial charge in [-0.1, -0.05) is 11.6 Å². The highest BCUT2D eigenvalue weighted by Gasteiger charge is 2.16. The Morgan fingerprint density at radius 1 is 1.19 bits per heavy atom. The zero-order valence-corrected chi connectivity index (χ0v) is 14.8. The van der Waals surface area contributed by atoms with E-state index in [0.717, 1.165) is 12.1 Å². The Morgan fingerprint density at radius 3 is 2.65 bits per heavy atom. The minimum Gasteiger partial charge on any atom is -0.491 e. The van der Waals surface area contributed by atoms with E-state index < -0.39 is 17.3 Å².